The van der Waals surface area contributed by atoms with Gasteiger partial charge in [0.1, 0.15) is 17.1 Å². The second-order valence-electron chi connectivity index (χ2n) is 11.8. The number of methoxy groups -OCH3 is 1. The molecule has 2 fully saturated rings. The lowest BCUT2D eigenvalue weighted by molar-refractivity contribution is -0.139. The zero-order valence-electron chi connectivity index (χ0n) is 25.6. The molecule has 1 aliphatic heterocycles. The molecule has 0 radical (unpaired) electrons. The van der Waals surface area contributed by atoms with Gasteiger partial charge >= 0.3 is 6.18 Å². The maximum Gasteiger partial charge on any atom is 0.423 e. The highest BCUT2D eigenvalue weighted by Crippen LogP contribution is 2.45. The van der Waals surface area contributed by atoms with Crippen LogP contribution >= 0.6 is 0 Å². The molecule has 2 atom stereocenters. The number of nitrogens with zero attached hydrogens (tertiary/aromatic N) is 4. The van der Waals surface area contributed by atoms with Crippen LogP contribution in [0.2, 0.25) is 0 Å². The van der Waals surface area contributed by atoms with Crippen LogP contribution in [0, 0.1) is 11.2 Å². The molecule has 1 saturated carbocycles. The number of hydrogen-bond donors (Lipinski definition) is 2. The van der Waals surface area contributed by atoms with Gasteiger partial charge in [-0.3, -0.25) is 9.10 Å². The number of aromatic nitrogens is 2. The van der Waals surface area contributed by atoms with Crippen LogP contribution in [-0.2, 0) is 16.2 Å². The molecule has 16 heteroatoms. The number of halogens is 4. The summed E-state index contributed by atoms with van der Waals surface area (Å²) >= 11 is 0. The van der Waals surface area contributed by atoms with E-state index in [-0.39, 0.29) is 39.9 Å². The van der Waals surface area contributed by atoms with E-state index in [9.17, 15) is 26.4 Å². The number of anilines is 3. The van der Waals surface area contributed by atoms with Crippen LogP contribution in [0.3, 0.4) is 0 Å². The topological polar surface area (TPSA) is 126 Å². The molecule has 248 valence electrons. The Labute approximate surface area is 264 Å². The number of carbonyl (C=O) groups excluding carboxylic acids is 1. The SMILES string of the molecule is COc1cc(C(=O)NC2CCC3(CCN(C)C3)C2)c(F)cc1Nc1ncc(C(F)(F)F)c(Oc2ccccc2N(C)S(C)(=O)=O)n1. The molecule has 1 aromatic heterocycles. The Kier molecular flexibility index (Phi) is 9.05. The minimum Gasteiger partial charge on any atom is -0.495 e. The van der Waals surface area contributed by atoms with Crippen LogP contribution in [0.25, 0.3) is 0 Å². The summed E-state index contributed by atoms with van der Waals surface area (Å²) in [6.45, 7) is 1.97. The van der Waals surface area contributed by atoms with Gasteiger partial charge < -0.3 is 25.0 Å². The predicted octanol–water partition coefficient (Wildman–Crippen LogP) is 5.18. The van der Waals surface area contributed by atoms with E-state index in [1.807, 2.05) is 0 Å². The van der Waals surface area contributed by atoms with Crippen molar-refractivity contribution in [1.82, 2.24) is 20.2 Å². The summed E-state index contributed by atoms with van der Waals surface area (Å²) < 4.78 is 93.0. The number of carbonyl (C=O) groups is 1. The van der Waals surface area contributed by atoms with Crippen molar-refractivity contribution in [3.8, 4) is 17.4 Å². The largest absolute Gasteiger partial charge is 0.495 e. The third-order valence-corrected chi connectivity index (χ3v) is 9.61. The molecular formula is C30H34F4N6O5S. The number of hydrogen-bond acceptors (Lipinski definition) is 9. The van der Waals surface area contributed by atoms with Crippen molar-refractivity contribution in [3.05, 3.63) is 59.5 Å². The van der Waals surface area contributed by atoms with Crippen molar-refractivity contribution < 1.29 is 40.2 Å². The Morgan fingerprint density at radius 2 is 1.91 bits per heavy atom. The first-order valence-corrected chi connectivity index (χ1v) is 16.2. The van der Waals surface area contributed by atoms with E-state index in [2.05, 4.69) is 32.5 Å². The van der Waals surface area contributed by atoms with E-state index < -0.39 is 45.3 Å². The van der Waals surface area contributed by atoms with Gasteiger partial charge in [0.2, 0.25) is 21.9 Å². The standard InChI is InChI=1S/C30H34F4N6O5S/c1-39-12-11-29(17-39)10-9-18(15-29)36-26(41)19-13-25(44-3)22(14-21(19)31)37-28-35-16-20(30(32,33)34)27(38-28)45-24-8-6-5-7-23(24)40(2)46(4,42)43/h5-8,13-14,16,18H,9-12,15,17H2,1-4H3,(H,36,41)(H,35,37,38). The molecule has 0 bridgehead atoms. The van der Waals surface area contributed by atoms with Gasteiger partial charge in [0, 0.05) is 31.9 Å². The number of ether oxygens (including phenoxy) is 2. The van der Waals surface area contributed by atoms with Gasteiger partial charge in [-0.1, -0.05) is 12.1 Å². The van der Waals surface area contributed by atoms with Gasteiger partial charge in [-0.15, -0.1) is 0 Å². The zero-order valence-corrected chi connectivity index (χ0v) is 26.4. The van der Waals surface area contributed by atoms with E-state index >= 15 is 4.39 Å². The minimum atomic E-state index is -4.93. The average molecular weight is 667 g/mol. The first kappa shape index (κ1) is 33.2. The number of para-hydroxylation sites is 2. The summed E-state index contributed by atoms with van der Waals surface area (Å²) in [5, 5.41) is 5.56. The predicted molar refractivity (Wildman–Crippen MR) is 163 cm³/mol. The van der Waals surface area contributed by atoms with E-state index in [4.69, 9.17) is 9.47 Å². The molecular weight excluding hydrogens is 632 g/mol. The molecule has 2 aliphatic rings. The molecule has 11 nitrogen and oxygen atoms in total. The Balaban J connectivity index is 1.39. The van der Waals surface area contributed by atoms with Gasteiger partial charge in [-0.2, -0.15) is 18.2 Å². The van der Waals surface area contributed by atoms with Gasteiger partial charge in [0.25, 0.3) is 5.91 Å². The number of likely N-dealkylation sites (tertiary alicyclic amines) is 1. The Morgan fingerprint density at radius 1 is 1.17 bits per heavy atom. The van der Waals surface area contributed by atoms with Gasteiger partial charge in [0.05, 0.1) is 30.3 Å². The van der Waals surface area contributed by atoms with Gasteiger partial charge in [-0.05, 0) is 62.9 Å². The Hall–Kier alpha value is -4.18. The minimum absolute atomic E-state index is 0.0120. The number of amides is 1. The van der Waals surface area contributed by atoms with Crippen molar-refractivity contribution in [1.29, 1.82) is 0 Å². The average Bonchev–Trinajstić information content (AvgIpc) is 3.55. The monoisotopic (exact) mass is 666 g/mol. The number of rotatable bonds is 9. The van der Waals surface area contributed by atoms with Gasteiger partial charge in [0.15, 0.2) is 5.75 Å². The van der Waals surface area contributed by atoms with E-state index in [0.717, 1.165) is 55.4 Å². The lowest BCUT2D eigenvalue weighted by Gasteiger charge is -2.23. The smallest absolute Gasteiger partial charge is 0.423 e. The number of nitrogens with one attached hydrogen (secondary N) is 2. The molecule has 1 spiro atoms. The Bertz CT molecular complexity index is 1740. The van der Waals surface area contributed by atoms with E-state index in [0.29, 0.717) is 6.20 Å². The van der Waals surface area contributed by atoms with Gasteiger partial charge in [-0.25, -0.2) is 17.8 Å². The highest BCUT2D eigenvalue weighted by molar-refractivity contribution is 7.92. The summed E-state index contributed by atoms with van der Waals surface area (Å²) in [5.74, 6) is -3.05. The molecule has 1 aliphatic carbocycles. The zero-order chi connectivity index (χ0) is 33.4. The molecule has 5 rings (SSSR count). The molecule has 3 aromatic rings. The quantitative estimate of drug-likeness (QED) is 0.297. The fourth-order valence-corrected chi connectivity index (χ4v) is 6.53. The summed E-state index contributed by atoms with van der Waals surface area (Å²) in [6, 6.07) is 7.65. The molecule has 2 aromatic carbocycles. The normalized spacial score (nSPS) is 20.1. The van der Waals surface area contributed by atoms with Crippen LogP contribution in [0.4, 0.5) is 34.9 Å². The summed E-state index contributed by atoms with van der Waals surface area (Å²) in [6.07, 6.45) is 0.121. The second kappa shape index (κ2) is 12.5. The number of alkyl halides is 3. The molecule has 2 unspecified atom stereocenters. The number of sulfonamides is 1. The summed E-state index contributed by atoms with van der Waals surface area (Å²) in [5.41, 5.74) is -1.53. The van der Waals surface area contributed by atoms with Crippen molar-refractivity contribution >= 4 is 33.3 Å². The second-order valence-corrected chi connectivity index (χ2v) is 13.8. The van der Waals surface area contributed by atoms with Crippen molar-refractivity contribution in [2.45, 2.75) is 37.9 Å². The lowest BCUT2D eigenvalue weighted by atomic mass is 9.85. The highest BCUT2D eigenvalue weighted by Gasteiger charge is 2.43. The fourth-order valence-electron chi connectivity index (χ4n) is 6.02. The van der Waals surface area contributed by atoms with Crippen molar-refractivity contribution in [2.75, 3.05) is 50.2 Å². The van der Waals surface area contributed by atoms with Crippen LogP contribution in [0.1, 0.15) is 41.6 Å². The molecule has 46 heavy (non-hydrogen) atoms. The van der Waals surface area contributed by atoms with E-state index in [1.54, 1.807) is 0 Å². The van der Waals surface area contributed by atoms with Crippen LogP contribution in [0.15, 0.2) is 42.6 Å². The maximum atomic E-state index is 15.3. The van der Waals surface area contributed by atoms with E-state index in [1.165, 1.54) is 44.5 Å². The Morgan fingerprint density at radius 3 is 2.57 bits per heavy atom. The first-order chi connectivity index (χ1) is 21.6. The van der Waals surface area contributed by atoms with Crippen molar-refractivity contribution in [2.24, 2.45) is 5.41 Å². The fraction of sp³-hybridized carbons (Fsp3) is 0.433. The third kappa shape index (κ3) is 7.12. The first-order valence-electron chi connectivity index (χ1n) is 14.4. The highest BCUT2D eigenvalue weighted by atomic mass is 32.2. The lowest BCUT2D eigenvalue weighted by Crippen LogP contribution is -2.35. The maximum absolute atomic E-state index is 15.3. The summed E-state index contributed by atoms with van der Waals surface area (Å²) in [4.78, 5) is 22.9. The van der Waals surface area contributed by atoms with Crippen molar-refractivity contribution in [3.63, 3.8) is 0 Å². The molecule has 2 N–H and O–H groups in total. The van der Waals surface area contributed by atoms with Crippen LogP contribution in [0.5, 0.6) is 17.4 Å². The summed E-state index contributed by atoms with van der Waals surface area (Å²) in [7, 11) is 0.790. The van der Waals surface area contributed by atoms with Crippen LogP contribution < -0.4 is 24.4 Å². The molecule has 1 saturated heterocycles. The third-order valence-electron chi connectivity index (χ3n) is 8.42. The van der Waals surface area contributed by atoms with Crippen LogP contribution in [-0.4, -0.2) is 75.8 Å². The molecule has 1 amide bonds. The molecule has 2 heterocycles. The number of benzene rings is 2.